The van der Waals surface area contributed by atoms with Crippen molar-refractivity contribution in [3.63, 3.8) is 0 Å². The SMILES string of the molecule is CC(Nc1nc(N(C)C)nc2c1CCCC2)c1nncn1C. The molecule has 0 aromatic carbocycles. The van der Waals surface area contributed by atoms with Gasteiger partial charge in [0, 0.05) is 26.7 Å². The lowest BCUT2D eigenvalue weighted by atomic mass is 9.96. The molecule has 3 rings (SSSR count). The van der Waals surface area contributed by atoms with E-state index in [4.69, 9.17) is 9.97 Å². The van der Waals surface area contributed by atoms with Gasteiger partial charge in [-0.1, -0.05) is 0 Å². The van der Waals surface area contributed by atoms with Crippen LogP contribution in [0.2, 0.25) is 0 Å². The molecule has 2 aromatic rings. The largest absolute Gasteiger partial charge is 0.360 e. The molecular weight excluding hydrogens is 278 g/mol. The Bertz CT molecular complexity index is 662. The Labute approximate surface area is 130 Å². The van der Waals surface area contributed by atoms with Gasteiger partial charge in [0.05, 0.1) is 11.7 Å². The molecule has 2 heterocycles. The molecule has 0 aliphatic heterocycles. The average molecular weight is 301 g/mol. The lowest BCUT2D eigenvalue weighted by Gasteiger charge is -2.23. The van der Waals surface area contributed by atoms with Crippen LogP contribution in [-0.2, 0) is 19.9 Å². The predicted molar refractivity (Wildman–Crippen MR) is 86.0 cm³/mol. The molecule has 0 fully saturated rings. The van der Waals surface area contributed by atoms with Gasteiger partial charge in [-0.05, 0) is 32.6 Å². The van der Waals surface area contributed by atoms with Crippen LogP contribution in [0.3, 0.4) is 0 Å². The second kappa shape index (κ2) is 5.90. The minimum absolute atomic E-state index is 0.0449. The quantitative estimate of drug-likeness (QED) is 0.927. The fraction of sp³-hybridized carbons (Fsp3) is 0.600. The van der Waals surface area contributed by atoms with Gasteiger partial charge in [-0.15, -0.1) is 10.2 Å². The summed E-state index contributed by atoms with van der Waals surface area (Å²) in [6.45, 7) is 2.08. The maximum atomic E-state index is 4.71. The van der Waals surface area contributed by atoms with Gasteiger partial charge in [0.2, 0.25) is 5.95 Å². The third kappa shape index (κ3) is 2.75. The number of aromatic nitrogens is 5. The Morgan fingerprint density at radius 1 is 1.23 bits per heavy atom. The highest BCUT2D eigenvalue weighted by atomic mass is 15.3. The van der Waals surface area contributed by atoms with E-state index in [0.717, 1.165) is 30.4 Å². The number of nitrogens with zero attached hydrogens (tertiary/aromatic N) is 6. The number of nitrogens with one attached hydrogen (secondary N) is 1. The molecule has 0 saturated carbocycles. The van der Waals surface area contributed by atoms with Crippen LogP contribution in [-0.4, -0.2) is 38.8 Å². The van der Waals surface area contributed by atoms with Gasteiger partial charge in [-0.25, -0.2) is 4.98 Å². The number of anilines is 2. The molecule has 0 amide bonds. The second-order valence-corrected chi connectivity index (χ2v) is 6.07. The number of aryl methyl sites for hydroxylation is 2. The van der Waals surface area contributed by atoms with Crippen molar-refractivity contribution in [2.75, 3.05) is 24.3 Å². The lowest BCUT2D eigenvalue weighted by Crippen LogP contribution is -2.21. The normalized spacial score (nSPS) is 15.3. The summed E-state index contributed by atoms with van der Waals surface area (Å²) in [5.74, 6) is 2.59. The van der Waals surface area contributed by atoms with Crippen LogP contribution in [0.1, 0.15) is 42.9 Å². The summed E-state index contributed by atoms with van der Waals surface area (Å²) in [4.78, 5) is 11.4. The summed E-state index contributed by atoms with van der Waals surface area (Å²) in [5.41, 5.74) is 2.43. The maximum absolute atomic E-state index is 4.71. The van der Waals surface area contributed by atoms with E-state index >= 15 is 0 Å². The minimum Gasteiger partial charge on any atom is -0.360 e. The first-order chi connectivity index (χ1) is 10.6. The van der Waals surface area contributed by atoms with Crippen LogP contribution in [0.25, 0.3) is 0 Å². The predicted octanol–water partition coefficient (Wildman–Crippen LogP) is 1.72. The van der Waals surface area contributed by atoms with Crippen LogP contribution in [0.15, 0.2) is 6.33 Å². The zero-order valence-electron chi connectivity index (χ0n) is 13.7. The van der Waals surface area contributed by atoms with E-state index in [1.165, 1.54) is 24.1 Å². The van der Waals surface area contributed by atoms with Gasteiger partial charge < -0.3 is 14.8 Å². The molecule has 7 heteroatoms. The summed E-state index contributed by atoms with van der Waals surface area (Å²) in [7, 11) is 5.90. The molecule has 1 unspecified atom stereocenters. The zero-order chi connectivity index (χ0) is 15.7. The van der Waals surface area contributed by atoms with Gasteiger partial charge in [0.1, 0.15) is 12.1 Å². The molecule has 118 valence electrons. The third-order valence-corrected chi connectivity index (χ3v) is 4.06. The van der Waals surface area contributed by atoms with E-state index < -0.39 is 0 Å². The number of hydrogen-bond acceptors (Lipinski definition) is 6. The van der Waals surface area contributed by atoms with E-state index in [2.05, 4.69) is 22.4 Å². The Morgan fingerprint density at radius 2 is 2.00 bits per heavy atom. The standard InChI is InChI=1S/C15H23N7/c1-10(14-20-16-9-22(14)4)17-13-11-7-5-6-8-12(11)18-15(19-13)21(2)3/h9-10H,5-8H2,1-4H3,(H,17,18,19). The van der Waals surface area contributed by atoms with Gasteiger partial charge >= 0.3 is 0 Å². The van der Waals surface area contributed by atoms with Crippen LogP contribution in [0.5, 0.6) is 0 Å². The highest BCUT2D eigenvalue weighted by Gasteiger charge is 2.21. The van der Waals surface area contributed by atoms with Crippen LogP contribution in [0.4, 0.5) is 11.8 Å². The summed E-state index contributed by atoms with van der Waals surface area (Å²) in [6.07, 6.45) is 6.19. The van der Waals surface area contributed by atoms with Gasteiger partial charge in [0.25, 0.3) is 0 Å². The third-order valence-electron chi connectivity index (χ3n) is 4.06. The van der Waals surface area contributed by atoms with E-state index in [9.17, 15) is 0 Å². The van der Waals surface area contributed by atoms with Crippen molar-refractivity contribution >= 4 is 11.8 Å². The van der Waals surface area contributed by atoms with Crippen molar-refractivity contribution in [3.8, 4) is 0 Å². The van der Waals surface area contributed by atoms with Gasteiger partial charge in [-0.3, -0.25) is 0 Å². The smallest absolute Gasteiger partial charge is 0.227 e. The maximum Gasteiger partial charge on any atom is 0.227 e. The van der Waals surface area contributed by atoms with Crippen molar-refractivity contribution in [3.05, 3.63) is 23.4 Å². The summed E-state index contributed by atoms with van der Waals surface area (Å²) in [5, 5.41) is 11.6. The Balaban J connectivity index is 1.95. The van der Waals surface area contributed by atoms with Crippen molar-refractivity contribution < 1.29 is 0 Å². The number of hydrogen-bond donors (Lipinski definition) is 1. The summed E-state index contributed by atoms with van der Waals surface area (Å²) in [6, 6.07) is 0.0449. The molecule has 1 N–H and O–H groups in total. The summed E-state index contributed by atoms with van der Waals surface area (Å²) >= 11 is 0. The fourth-order valence-corrected chi connectivity index (χ4v) is 2.85. The van der Waals surface area contributed by atoms with Crippen molar-refractivity contribution in [1.82, 2.24) is 24.7 Å². The molecule has 1 aliphatic rings. The molecule has 2 aromatic heterocycles. The van der Waals surface area contributed by atoms with Gasteiger partial charge in [0.15, 0.2) is 5.82 Å². The first-order valence-corrected chi connectivity index (χ1v) is 7.74. The van der Waals surface area contributed by atoms with Crippen LogP contribution >= 0.6 is 0 Å². The topological polar surface area (TPSA) is 71.8 Å². The number of rotatable bonds is 4. The minimum atomic E-state index is 0.0449. The van der Waals surface area contributed by atoms with Crippen molar-refractivity contribution in [1.29, 1.82) is 0 Å². The Hall–Kier alpha value is -2.18. The van der Waals surface area contributed by atoms with E-state index in [0.29, 0.717) is 0 Å². The highest BCUT2D eigenvalue weighted by molar-refractivity contribution is 5.52. The molecule has 22 heavy (non-hydrogen) atoms. The Kier molecular flexibility index (Phi) is 3.96. The number of fused-ring (bicyclic) bond motifs is 1. The fourth-order valence-electron chi connectivity index (χ4n) is 2.85. The zero-order valence-corrected chi connectivity index (χ0v) is 13.7. The monoisotopic (exact) mass is 301 g/mol. The average Bonchev–Trinajstić information content (AvgIpc) is 2.93. The van der Waals surface area contributed by atoms with Crippen LogP contribution < -0.4 is 10.2 Å². The molecule has 1 aliphatic carbocycles. The van der Waals surface area contributed by atoms with Crippen LogP contribution in [0, 0.1) is 0 Å². The first kappa shape index (κ1) is 14.7. The van der Waals surface area contributed by atoms with Crippen molar-refractivity contribution in [2.24, 2.45) is 7.05 Å². The van der Waals surface area contributed by atoms with Crippen molar-refractivity contribution in [2.45, 2.75) is 38.6 Å². The molecule has 0 radical (unpaired) electrons. The highest BCUT2D eigenvalue weighted by Crippen LogP contribution is 2.29. The molecule has 0 saturated heterocycles. The first-order valence-electron chi connectivity index (χ1n) is 7.74. The Morgan fingerprint density at radius 3 is 2.68 bits per heavy atom. The van der Waals surface area contributed by atoms with E-state index in [1.54, 1.807) is 6.33 Å². The second-order valence-electron chi connectivity index (χ2n) is 6.07. The molecule has 0 bridgehead atoms. The molecule has 1 atom stereocenters. The molecular formula is C15H23N7. The van der Waals surface area contributed by atoms with Gasteiger partial charge in [-0.2, -0.15) is 4.98 Å². The molecule has 0 spiro atoms. The molecule has 7 nitrogen and oxygen atoms in total. The summed E-state index contributed by atoms with van der Waals surface area (Å²) < 4.78 is 1.93. The lowest BCUT2D eigenvalue weighted by molar-refractivity contribution is 0.656. The van der Waals surface area contributed by atoms with E-state index in [1.807, 2.05) is 30.6 Å². The van der Waals surface area contributed by atoms with E-state index in [-0.39, 0.29) is 6.04 Å².